The van der Waals surface area contributed by atoms with Crippen LogP contribution in [0.5, 0.6) is 0 Å². The summed E-state index contributed by atoms with van der Waals surface area (Å²) < 4.78 is 2.10. The van der Waals surface area contributed by atoms with Gasteiger partial charge in [0, 0.05) is 36.1 Å². The molecule has 0 spiro atoms. The van der Waals surface area contributed by atoms with Gasteiger partial charge in [-0.05, 0) is 11.6 Å². The van der Waals surface area contributed by atoms with Crippen LogP contribution >= 0.6 is 0 Å². The number of aryl methyl sites for hydroxylation is 1. The third-order valence-electron chi connectivity index (χ3n) is 3.50. The molecule has 0 aliphatic heterocycles. The van der Waals surface area contributed by atoms with Crippen molar-refractivity contribution in [3.63, 3.8) is 0 Å². The number of aliphatic hydroxyl groups is 1. The molecule has 0 radical (unpaired) electrons. The fraction of sp³-hybridized carbons (Fsp3) is 0.400. The summed E-state index contributed by atoms with van der Waals surface area (Å²) in [5, 5.41) is 12.7. The molecule has 0 bridgehead atoms. The molecule has 2 rings (SSSR count). The molecule has 102 valence electrons. The van der Waals surface area contributed by atoms with Gasteiger partial charge in [-0.2, -0.15) is 0 Å². The lowest BCUT2D eigenvalue weighted by molar-refractivity contribution is -0.124. The highest BCUT2D eigenvalue weighted by molar-refractivity contribution is 5.85. The first-order valence-corrected chi connectivity index (χ1v) is 6.38. The largest absolute Gasteiger partial charge is 0.387 e. The Kier molecular flexibility index (Phi) is 3.62. The zero-order valence-corrected chi connectivity index (χ0v) is 11.6. The van der Waals surface area contributed by atoms with Crippen LogP contribution in [0.3, 0.4) is 0 Å². The van der Waals surface area contributed by atoms with Gasteiger partial charge in [0.2, 0.25) is 5.91 Å². The van der Waals surface area contributed by atoms with E-state index in [-0.39, 0.29) is 11.3 Å². The van der Waals surface area contributed by atoms with Crippen molar-refractivity contribution < 1.29 is 9.90 Å². The first-order chi connectivity index (χ1) is 8.95. The van der Waals surface area contributed by atoms with Crippen LogP contribution in [-0.4, -0.2) is 28.7 Å². The highest BCUT2D eigenvalue weighted by atomic mass is 16.3. The molecule has 0 fully saturated rings. The van der Waals surface area contributed by atoms with Crippen molar-refractivity contribution in [3.05, 3.63) is 36.0 Å². The van der Waals surface area contributed by atoms with Crippen LogP contribution in [0.15, 0.2) is 30.5 Å². The summed E-state index contributed by atoms with van der Waals surface area (Å²) >= 11 is 0. The first-order valence-electron chi connectivity index (χ1n) is 6.38. The Morgan fingerprint density at radius 2 is 2.05 bits per heavy atom. The topological polar surface area (TPSA) is 54.3 Å². The number of hydrogen-bond donors (Lipinski definition) is 2. The predicted molar refractivity (Wildman–Crippen MR) is 76.0 cm³/mol. The minimum absolute atomic E-state index is 0.189. The Labute approximate surface area is 113 Å². The zero-order chi connectivity index (χ0) is 14.0. The Bertz CT molecular complexity index is 599. The molecule has 4 nitrogen and oxygen atoms in total. The average Bonchev–Trinajstić information content (AvgIpc) is 2.75. The second-order valence-corrected chi connectivity index (χ2v) is 5.49. The van der Waals surface area contributed by atoms with Crippen LogP contribution in [0.2, 0.25) is 0 Å². The number of para-hydroxylation sites is 1. The Balaban J connectivity index is 2.34. The molecule has 19 heavy (non-hydrogen) atoms. The fourth-order valence-electron chi connectivity index (χ4n) is 2.35. The molecule has 4 heteroatoms. The summed E-state index contributed by atoms with van der Waals surface area (Å²) in [5.74, 6) is -0.340. The van der Waals surface area contributed by atoms with Crippen LogP contribution in [0.1, 0.15) is 19.4 Å². The van der Waals surface area contributed by atoms with Crippen molar-refractivity contribution in [1.29, 1.82) is 0 Å². The van der Waals surface area contributed by atoms with Crippen molar-refractivity contribution >= 4 is 16.8 Å². The molecular formula is C15H20N2O2. The molecule has 1 heterocycles. The molecule has 0 unspecified atom stereocenters. The van der Waals surface area contributed by atoms with Crippen LogP contribution in [0, 0.1) is 0 Å². The number of aliphatic hydroxyl groups excluding tert-OH is 1. The monoisotopic (exact) mass is 260 g/mol. The number of amides is 1. The third kappa shape index (κ3) is 2.63. The van der Waals surface area contributed by atoms with Gasteiger partial charge in [0.1, 0.15) is 6.61 Å². The number of rotatable bonds is 4. The Morgan fingerprint density at radius 1 is 1.37 bits per heavy atom. The molecule has 2 aromatic rings. The molecule has 0 saturated heterocycles. The van der Waals surface area contributed by atoms with E-state index in [9.17, 15) is 4.79 Å². The van der Waals surface area contributed by atoms with Crippen LogP contribution in [0.25, 0.3) is 10.9 Å². The van der Waals surface area contributed by atoms with Crippen molar-refractivity contribution in [3.8, 4) is 0 Å². The summed E-state index contributed by atoms with van der Waals surface area (Å²) in [7, 11) is 2.02. The minimum Gasteiger partial charge on any atom is -0.387 e. The van der Waals surface area contributed by atoms with Crippen LogP contribution < -0.4 is 5.32 Å². The number of nitrogens with one attached hydrogen (secondary N) is 1. The summed E-state index contributed by atoms with van der Waals surface area (Å²) in [4.78, 5) is 11.2. The normalized spacial score (nSPS) is 11.8. The van der Waals surface area contributed by atoms with Gasteiger partial charge in [0.15, 0.2) is 0 Å². The van der Waals surface area contributed by atoms with Crippen molar-refractivity contribution in [2.24, 2.45) is 7.05 Å². The fourth-order valence-corrected chi connectivity index (χ4v) is 2.35. The standard InChI is InChI=1S/C15H20N2O2/c1-15(2,10-16-14(19)9-18)12-8-17(3)13-7-5-4-6-11(12)13/h4-8,18H,9-10H2,1-3H3,(H,16,19). The van der Waals surface area contributed by atoms with Gasteiger partial charge >= 0.3 is 0 Å². The highest BCUT2D eigenvalue weighted by Gasteiger charge is 2.25. The molecule has 1 aromatic heterocycles. The Morgan fingerprint density at radius 3 is 2.74 bits per heavy atom. The number of hydrogen-bond acceptors (Lipinski definition) is 2. The summed E-state index contributed by atoms with van der Waals surface area (Å²) in [6.45, 7) is 4.21. The van der Waals surface area contributed by atoms with Gasteiger partial charge in [-0.3, -0.25) is 4.79 Å². The number of benzene rings is 1. The lowest BCUT2D eigenvalue weighted by atomic mass is 9.84. The SMILES string of the molecule is Cn1cc(C(C)(C)CNC(=O)CO)c2ccccc21. The molecule has 0 aliphatic carbocycles. The first kappa shape index (κ1) is 13.6. The quantitative estimate of drug-likeness (QED) is 0.876. The van der Waals surface area contributed by atoms with E-state index >= 15 is 0 Å². The minimum atomic E-state index is -0.467. The van der Waals surface area contributed by atoms with Crippen LogP contribution in [0.4, 0.5) is 0 Å². The van der Waals surface area contributed by atoms with Crippen molar-refractivity contribution in [1.82, 2.24) is 9.88 Å². The van der Waals surface area contributed by atoms with Crippen molar-refractivity contribution in [2.75, 3.05) is 13.2 Å². The van der Waals surface area contributed by atoms with Gasteiger partial charge in [-0.25, -0.2) is 0 Å². The molecular weight excluding hydrogens is 240 g/mol. The molecule has 1 amide bonds. The molecule has 2 N–H and O–H groups in total. The van der Waals surface area contributed by atoms with Gasteiger partial charge in [0.05, 0.1) is 0 Å². The second kappa shape index (κ2) is 5.05. The van der Waals surface area contributed by atoms with E-state index in [1.807, 2.05) is 19.2 Å². The van der Waals surface area contributed by atoms with E-state index in [0.717, 1.165) is 0 Å². The molecule has 0 atom stereocenters. The average molecular weight is 260 g/mol. The molecule has 0 saturated carbocycles. The van der Waals surface area contributed by atoms with Gasteiger partial charge in [-0.15, -0.1) is 0 Å². The molecule has 1 aromatic carbocycles. The number of fused-ring (bicyclic) bond motifs is 1. The van der Waals surface area contributed by atoms with E-state index in [1.54, 1.807) is 0 Å². The van der Waals surface area contributed by atoms with E-state index in [0.29, 0.717) is 6.54 Å². The van der Waals surface area contributed by atoms with Crippen LogP contribution in [-0.2, 0) is 17.3 Å². The number of carbonyl (C=O) groups excluding carboxylic acids is 1. The highest BCUT2D eigenvalue weighted by Crippen LogP contribution is 2.31. The number of carbonyl (C=O) groups is 1. The summed E-state index contributed by atoms with van der Waals surface area (Å²) in [6, 6.07) is 8.22. The van der Waals surface area contributed by atoms with E-state index < -0.39 is 6.61 Å². The maximum absolute atomic E-state index is 11.2. The maximum Gasteiger partial charge on any atom is 0.245 e. The third-order valence-corrected chi connectivity index (χ3v) is 3.50. The van der Waals surface area contributed by atoms with Crippen molar-refractivity contribution in [2.45, 2.75) is 19.3 Å². The van der Waals surface area contributed by atoms with E-state index in [4.69, 9.17) is 5.11 Å². The van der Waals surface area contributed by atoms with E-state index in [2.05, 4.69) is 42.1 Å². The van der Waals surface area contributed by atoms with Gasteiger partial charge in [-0.1, -0.05) is 32.0 Å². The lowest BCUT2D eigenvalue weighted by Crippen LogP contribution is -2.37. The number of aromatic nitrogens is 1. The van der Waals surface area contributed by atoms with E-state index in [1.165, 1.54) is 16.5 Å². The maximum atomic E-state index is 11.2. The van der Waals surface area contributed by atoms with Gasteiger partial charge in [0.25, 0.3) is 0 Å². The summed E-state index contributed by atoms with van der Waals surface area (Å²) in [6.07, 6.45) is 2.11. The predicted octanol–water partition coefficient (Wildman–Crippen LogP) is 1.56. The second-order valence-electron chi connectivity index (χ2n) is 5.49. The zero-order valence-electron chi connectivity index (χ0n) is 11.6. The summed E-state index contributed by atoms with van der Waals surface area (Å²) in [5.41, 5.74) is 2.19. The smallest absolute Gasteiger partial charge is 0.245 e. The Hall–Kier alpha value is -1.81. The lowest BCUT2D eigenvalue weighted by Gasteiger charge is -2.24. The molecule has 0 aliphatic rings. The number of nitrogens with zero attached hydrogens (tertiary/aromatic N) is 1. The van der Waals surface area contributed by atoms with Gasteiger partial charge < -0.3 is 15.0 Å².